The Morgan fingerprint density at radius 3 is 2.74 bits per heavy atom. The van der Waals surface area contributed by atoms with Gasteiger partial charge >= 0.3 is 5.97 Å². The lowest BCUT2D eigenvalue weighted by Crippen LogP contribution is -2.37. The fourth-order valence-corrected chi connectivity index (χ4v) is 3.48. The number of aliphatic carboxylic acids is 1. The van der Waals surface area contributed by atoms with Gasteiger partial charge in [-0.25, -0.2) is 4.39 Å². The highest BCUT2D eigenvalue weighted by Crippen LogP contribution is 2.26. The Balaban J connectivity index is 1.66. The molecule has 1 unspecified atom stereocenters. The molecule has 1 fully saturated rings. The summed E-state index contributed by atoms with van der Waals surface area (Å²) in [6.45, 7) is 1.11. The predicted octanol–water partition coefficient (Wildman–Crippen LogP) is 3.10. The molecule has 2 aromatic rings. The lowest BCUT2D eigenvalue weighted by molar-refractivity contribution is -0.138. The smallest absolute Gasteiger partial charge is 0.317 e. The standard InChI is InChI=1S/C20H23FN2O4/c1-22(13-19(24)25)14-5-4-11-23(12-10-14)20(26)18-9-8-17(27-18)15-6-2-3-7-16(15)21/h2-3,6-9,14H,4-5,10-13H2,1H3,(H,24,25). The Labute approximate surface area is 157 Å². The average molecular weight is 374 g/mol. The van der Waals surface area contributed by atoms with E-state index in [1.54, 1.807) is 42.3 Å². The number of nitrogens with zero attached hydrogens (tertiary/aromatic N) is 2. The minimum absolute atomic E-state index is 0.0111. The number of carboxylic acids is 1. The molecule has 1 N–H and O–H groups in total. The zero-order valence-electron chi connectivity index (χ0n) is 15.2. The first-order chi connectivity index (χ1) is 13.0. The van der Waals surface area contributed by atoms with Gasteiger partial charge in [-0.05, 0) is 50.6 Å². The minimum atomic E-state index is -0.856. The number of furan rings is 1. The summed E-state index contributed by atoms with van der Waals surface area (Å²) in [6, 6.07) is 9.58. The highest BCUT2D eigenvalue weighted by Gasteiger charge is 2.26. The van der Waals surface area contributed by atoms with E-state index in [0.29, 0.717) is 30.8 Å². The van der Waals surface area contributed by atoms with Crippen molar-refractivity contribution in [3.05, 3.63) is 48.0 Å². The van der Waals surface area contributed by atoms with Gasteiger partial charge in [0.05, 0.1) is 12.1 Å². The van der Waals surface area contributed by atoms with Crippen LogP contribution in [0.2, 0.25) is 0 Å². The van der Waals surface area contributed by atoms with E-state index in [0.717, 1.165) is 12.8 Å². The summed E-state index contributed by atoms with van der Waals surface area (Å²) < 4.78 is 19.5. The molecule has 0 aliphatic carbocycles. The zero-order chi connectivity index (χ0) is 19.4. The largest absolute Gasteiger partial charge is 0.480 e. The van der Waals surface area contributed by atoms with Crippen molar-refractivity contribution in [1.82, 2.24) is 9.80 Å². The van der Waals surface area contributed by atoms with Gasteiger partial charge in [0.2, 0.25) is 0 Å². The minimum Gasteiger partial charge on any atom is -0.480 e. The van der Waals surface area contributed by atoms with Crippen molar-refractivity contribution in [2.75, 3.05) is 26.7 Å². The highest BCUT2D eigenvalue weighted by molar-refractivity contribution is 5.92. The van der Waals surface area contributed by atoms with Crippen molar-refractivity contribution in [2.24, 2.45) is 0 Å². The van der Waals surface area contributed by atoms with Crippen LogP contribution in [0.15, 0.2) is 40.8 Å². The normalized spacial score (nSPS) is 17.7. The van der Waals surface area contributed by atoms with Crippen LogP contribution in [0.25, 0.3) is 11.3 Å². The summed E-state index contributed by atoms with van der Waals surface area (Å²) in [5.74, 6) is -0.967. The van der Waals surface area contributed by atoms with Gasteiger partial charge in [0.15, 0.2) is 5.76 Å². The summed E-state index contributed by atoms with van der Waals surface area (Å²) >= 11 is 0. The van der Waals surface area contributed by atoms with E-state index < -0.39 is 11.8 Å². The molecule has 0 bridgehead atoms. The Bertz CT molecular complexity index is 820. The fourth-order valence-electron chi connectivity index (χ4n) is 3.48. The van der Waals surface area contributed by atoms with Gasteiger partial charge < -0.3 is 14.4 Å². The van der Waals surface area contributed by atoms with Gasteiger partial charge in [-0.15, -0.1) is 0 Å². The topological polar surface area (TPSA) is 74.0 Å². The number of carbonyl (C=O) groups is 2. The number of carboxylic acid groups (broad SMARTS) is 1. The molecule has 144 valence electrons. The molecule has 1 aliphatic rings. The quantitative estimate of drug-likeness (QED) is 0.871. The molecular weight excluding hydrogens is 351 g/mol. The molecular formula is C20H23FN2O4. The maximum atomic E-state index is 13.9. The predicted molar refractivity (Wildman–Crippen MR) is 97.9 cm³/mol. The number of hydrogen-bond donors (Lipinski definition) is 1. The van der Waals surface area contributed by atoms with Crippen LogP contribution in [0.1, 0.15) is 29.8 Å². The number of likely N-dealkylation sites (N-methyl/N-ethyl adjacent to an activating group) is 1. The molecule has 1 aromatic heterocycles. The van der Waals surface area contributed by atoms with Gasteiger partial charge in [-0.2, -0.15) is 0 Å². The van der Waals surface area contributed by atoms with Crippen LogP contribution in [0.3, 0.4) is 0 Å². The van der Waals surface area contributed by atoms with Crippen LogP contribution in [0.5, 0.6) is 0 Å². The maximum Gasteiger partial charge on any atom is 0.317 e. The molecule has 1 aliphatic heterocycles. The summed E-state index contributed by atoms with van der Waals surface area (Å²) in [5, 5.41) is 8.94. The van der Waals surface area contributed by atoms with Gasteiger partial charge in [0, 0.05) is 19.1 Å². The van der Waals surface area contributed by atoms with Crippen molar-refractivity contribution in [2.45, 2.75) is 25.3 Å². The van der Waals surface area contributed by atoms with Crippen LogP contribution < -0.4 is 0 Å². The van der Waals surface area contributed by atoms with E-state index in [-0.39, 0.29) is 24.3 Å². The lowest BCUT2D eigenvalue weighted by atomic mass is 10.1. The number of carbonyl (C=O) groups excluding carboxylic acids is 1. The van der Waals surface area contributed by atoms with Gasteiger partial charge in [-0.1, -0.05) is 12.1 Å². The molecule has 2 heterocycles. The molecule has 0 saturated carbocycles. The number of likely N-dealkylation sites (tertiary alicyclic amines) is 1. The fraction of sp³-hybridized carbons (Fsp3) is 0.400. The maximum absolute atomic E-state index is 13.9. The zero-order valence-corrected chi connectivity index (χ0v) is 15.2. The highest BCUT2D eigenvalue weighted by atomic mass is 19.1. The first-order valence-electron chi connectivity index (χ1n) is 9.01. The average Bonchev–Trinajstić information content (AvgIpc) is 2.98. The molecule has 1 amide bonds. The van der Waals surface area contributed by atoms with Gasteiger partial charge in [0.25, 0.3) is 5.91 Å². The van der Waals surface area contributed by atoms with E-state index in [4.69, 9.17) is 9.52 Å². The van der Waals surface area contributed by atoms with Crippen molar-refractivity contribution >= 4 is 11.9 Å². The third-order valence-electron chi connectivity index (χ3n) is 4.95. The van der Waals surface area contributed by atoms with E-state index in [1.807, 2.05) is 4.90 Å². The van der Waals surface area contributed by atoms with Crippen molar-refractivity contribution in [3.8, 4) is 11.3 Å². The summed E-state index contributed by atoms with van der Waals surface area (Å²) in [4.78, 5) is 27.2. The molecule has 1 aromatic carbocycles. The third kappa shape index (κ3) is 4.54. The monoisotopic (exact) mass is 374 g/mol. The number of amides is 1. The van der Waals surface area contributed by atoms with Crippen LogP contribution in [0.4, 0.5) is 4.39 Å². The summed E-state index contributed by atoms with van der Waals surface area (Å²) in [7, 11) is 1.80. The first-order valence-corrected chi connectivity index (χ1v) is 9.01. The van der Waals surface area contributed by atoms with Crippen LogP contribution >= 0.6 is 0 Å². The second-order valence-corrected chi connectivity index (χ2v) is 6.83. The molecule has 3 rings (SSSR count). The van der Waals surface area contributed by atoms with E-state index in [1.165, 1.54) is 6.07 Å². The number of benzene rings is 1. The van der Waals surface area contributed by atoms with Crippen LogP contribution in [0, 0.1) is 5.82 Å². The molecule has 27 heavy (non-hydrogen) atoms. The molecule has 6 nitrogen and oxygen atoms in total. The lowest BCUT2D eigenvalue weighted by Gasteiger charge is -2.25. The molecule has 1 saturated heterocycles. The Morgan fingerprint density at radius 2 is 2.00 bits per heavy atom. The van der Waals surface area contributed by atoms with Crippen molar-refractivity contribution < 1.29 is 23.5 Å². The summed E-state index contributed by atoms with van der Waals surface area (Å²) in [5.41, 5.74) is 0.322. The van der Waals surface area contributed by atoms with Crippen LogP contribution in [-0.4, -0.2) is 59.5 Å². The molecule has 0 radical (unpaired) electrons. The van der Waals surface area contributed by atoms with E-state index in [2.05, 4.69) is 0 Å². The first kappa shape index (κ1) is 19.1. The Kier molecular flexibility index (Phi) is 5.91. The van der Waals surface area contributed by atoms with Gasteiger partial charge in [0.1, 0.15) is 11.6 Å². The molecule has 7 heteroatoms. The summed E-state index contributed by atoms with van der Waals surface area (Å²) in [6.07, 6.45) is 2.34. The molecule has 1 atom stereocenters. The molecule has 0 spiro atoms. The Morgan fingerprint density at radius 1 is 1.22 bits per heavy atom. The Hall–Kier alpha value is -2.67. The van der Waals surface area contributed by atoms with Gasteiger partial charge in [-0.3, -0.25) is 14.5 Å². The second-order valence-electron chi connectivity index (χ2n) is 6.83. The van der Waals surface area contributed by atoms with Crippen molar-refractivity contribution in [3.63, 3.8) is 0 Å². The number of halogens is 1. The third-order valence-corrected chi connectivity index (χ3v) is 4.95. The number of rotatable bonds is 5. The van der Waals surface area contributed by atoms with Crippen molar-refractivity contribution in [1.29, 1.82) is 0 Å². The second kappa shape index (κ2) is 8.35. The van der Waals surface area contributed by atoms with E-state index >= 15 is 0 Å². The SMILES string of the molecule is CN(CC(=O)O)C1CCCN(C(=O)c2ccc(-c3ccccc3F)o2)CC1. The van der Waals surface area contributed by atoms with Crippen LogP contribution in [-0.2, 0) is 4.79 Å². The number of hydrogen-bond acceptors (Lipinski definition) is 4. The van der Waals surface area contributed by atoms with E-state index in [9.17, 15) is 14.0 Å².